The molecular weight excluding hydrogens is 260 g/mol. The van der Waals surface area contributed by atoms with Crippen LogP contribution in [-0.4, -0.2) is 30.7 Å². The van der Waals surface area contributed by atoms with Gasteiger partial charge in [0.05, 0.1) is 18.2 Å². The van der Waals surface area contributed by atoms with Gasteiger partial charge in [-0.25, -0.2) is 0 Å². The molecule has 2 rings (SSSR count). The number of rotatable bonds is 4. The van der Waals surface area contributed by atoms with Gasteiger partial charge in [0.1, 0.15) is 0 Å². The smallest absolute Gasteiger partial charge is 0.313 e. The third kappa shape index (κ3) is 3.00. The lowest BCUT2D eigenvalue weighted by molar-refractivity contribution is -0.154. The molecule has 1 aliphatic carbocycles. The van der Waals surface area contributed by atoms with Crippen molar-refractivity contribution in [3.63, 3.8) is 0 Å². The number of hydrogen-bond donors (Lipinski definition) is 1. The van der Waals surface area contributed by atoms with Gasteiger partial charge in [-0.2, -0.15) is 0 Å². The molecule has 6 nitrogen and oxygen atoms in total. The second-order valence-electron chi connectivity index (χ2n) is 5.35. The number of esters is 1. The number of aromatic nitrogens is 1. The Bertz CT molecular complexity index is 489. The number of nitrogens with zero attached hydrogens (tertiary/aromatic N) is 1. The average molecular weight is 280 g/mol. The van der Waals surface area contributed by atoms with Crippen LogP contribution in [-0.2, 0) is 9.53 Å². The molecule has 110 valence electrons. The molecule has 1 N–H and O–H groups in total. The lowest BCUT2D eigenvalue weighted by Gasteiger charge is -2.34. The molecule has 1 fully saturated rings. The fourth-order valence-corrected chi connectivity index (χ4v) is 2.71. The van der Waals surface area contributed by atoms with E-state index >= 15 is 0 Å². The highest BCUT2D eigenvalue weighted by molar-refractivity contribution is 5.91. The molecule has 0 saturated heterocycles. The lowest BCUT2D eigenvalue weighted by atomic mass is 9.74. The van der Waals surface area contributed by atoms with Crippen molar-refractivity contribution in [1.82, 2.24) is 10.5 Å². The van der Waals surface area contributed by atoms with Crippen LogP contribution in [0.4, 0.5) is 0 Å². The zero-order valence-electron chi connectivity index (χ0n) is 11.9. The van der Waals surface area contributed by atoms with Crippen molar-refractivity contribution in [3.8, 4) is 0 Å². The fraction of sp³-hybridized carbons (Fsp3) is 0.643. The second kappa shape index (κ2) is 6.07. The largest absolute Gasteiger partial charge is 0.469 e. The highest BCUT2D eigenvalue weighted by atomic mass is 16.5. The van der Waals surface area contributed by atoms with Crippen molar-refractivity contribution in [1.29, 1.82) is 0 Å². The molecule has 20 heavy (non-hydrogen) atoms. The number of ether oxygens (including phenoxy) is 1. The standard InChI is InChI=1S/C14H20N2O4/c1-10-8-11(20-16-10)12(17)15-9-14(13(18)19-2)6-4-3-5-7-14/h8H,3-7,9H2,1-2H3,(H,15,17). The Morgan fingerprint density at radius 1 is 1.40 bits per heavy atom. The molecule has 0 radical (unpaired) electrons. The molecule has 1 amide bonds. The van der Waals surface area contributed by atoms with E-state index in [1.807, 2.05) is 0 Å². The van der Waals surface area contributed by atoms with Crippen LogP contribution >= 0.6 is 0 Å². The van der Waals surface area contributed by atoms with Crippen LogP contribution in [0, 0.1) is 12.3 Å². The first-order valence-corrected chi connectivity index (χ1v) is 6.87. The number of amides is 1. The van der Waals surface area contributed by atoms with Crippen LogP contribution in [0.2, 0.25) is 0 Å². The van der Waals surface area contributed by atoms with E-state index in [1.54, 1.807) is 13.0 Å². The predicted octanol–water partition coefficient (Wildman–Crippen LogP) is 1.84. The van der Waals surface area contributed by atoms with E-state index in [4.69, 9.17) is 9.26 Å². The zero-order chi connectivity index (χ0) is 14.6. The van der Waals surface area contributed by atoms with Gasteiger partial charge >= 0.3 is 5.97 Å². The van der Waals surface area contributed by atoms with Crippen molar-refractivity contribution in [2.45, 2.75) is 39.0 Å². The van der Waals surface area contributed by atoms with Gasteiger partial charge < -0.3 is 14.6 Å². The highest BCUT2D eigenvalue weighted by Crippen LogP contribution is 2.36. The molecule has 1 aliphatic rings. The predicted molar refractivity (Wildman–Crippen MR) is 71.1 cm³/mol. The van der Waals surface area contributed by atoms with Gasteiger partial charge in [-0.15, -0.1) is 0 Å². The van der Waals surface area contributed by atoms with Crippen molar-refractivity contribution in [2.24, 2.45) is 5.41 Å². The van der Waals surface area contributed by atoms with Gasteiger partial charge in [-0.3, -0.25) is 9.59 Å². The number of hydrogen-bond acceptors (Lipinski definition) is 5. The minimum Gasteiger partial charge on any atom is -0.469 e. The van der Waals surface area contributed by atoms with Gasteiger partial charge in [0, 0.05) is 12.6 Å². The summed E-state index contributed by atoms with van der Waals surface area (Å²) in [4.78, 5) is 24.0. The van der Waals surface area contributed by atoms with Crippen LogP contribution in [0.25, 0.3) is 0 Å². The summed E-state index contributed by atoms with van der Waals surface area (Å²) >= 11 is 0. The topological polar surface area (TPSA) is 81.4 Å². The molecule has 0 aromatic carbocycles. The van der Waals surface area contributed by atoms with Crippen LogP contribution in [0.15, 0.2) is 10.6 Å². The normalized spacial score (nSPS) is 17.5. The van der Waals surface area contributed by atoms with E-state index in [9.17, 15) is 9.59 Å². The van der Waals surface area contributed by atoms with Gasteiger partial charge in [0.15, 0.2) is 0 Å². The number of carbonyl (C=O) groups excluding carboxylic acids is 2. The maximum absolute atomic E-state index is 12.0. The van der Waals surface area contributed by atoms with Crippen molar-refractivity contribution in [2.75, 3.05) is 13.7 Å². The SMILES string of the molecule is COC(=O)C1(CNC(=O)c2cc(C)no2)CCCCC1. The van der Waals surface area contributed by atoms with E-state index in [1.165, 1.54) is 7.11 Å². The van der Waals surface area contributed by atoms with Crippen LogP contribution in [0.3, 0.4) is 0 Å². The summed E-state index contributed by atoms with van der Waals surface area (Å²) < 4.78 is 9.82. The number of aryl methyl sites for hydroxylation is 1. The van der Waals surface area contributed by atoms with Crippen LogP contribution in [0.5, 0.6) is 0 Å². The van der Waals surface area contributed by atoms with Gasteiger partial charge in [-0.05, 0) is 19.8 Å². The van der Waals surface area contributed by atoms with Crippen LogP contribution < -0.4 is 5.32 Å². The minimum absolute atomic E-state index is 0.165. The lowest BCUT2D eigenvalue weighted by Crippen LogP contribution is -2.45. The van der Waals surface area contributed by atoms with E-state index in [0.717, 1.165) is 32.1 Å². The minimum atomic E-state index is -0.599. The Morgan fingerprint density at radius 3 is 2.65 bits per heavy atom. The Balaban J connectivity index is 2.02. The first kappa shape index (κ1) is 14.6. The summed E-state index contributed by atoms with van der Waals surface area (Å²) in [6.07, 6.45) is 4.57. The molecular formula is C14H20N2O4. The van der Waals surface area contributed by atoms with Crippen molar-refractivity contribution >= 4 is 11.9 Å². The third-order valence-electron chi connectivity index (χ3n) is 3.87. The fourth-order valence-electron chi connectivity index (χ4n) is 2.71. The molecule has 0 bridgehead atoms. The summed E-state index contributed by atoms with van der Waals surface area (Å²) in [5, 5.41) is 6.44. The van der Waals surface area contributed by atoms with Gasteiger partial charge in [0.2, 0.25) is 5.76 Å². The number of carbonyl (C=O) groups is 2. The third-order valence-corrected chi connectivity index (χ3v) is 3.87. The molecule has 1 saturated carbocycles. The molecule has 0 unspecified atom stereocenters. The van der Waals surface area contributed by atoms with Gasteiger partial charge in [0.25, 0.3) is 5.91 Å². The highest BCUT2D eigenvalue weighted by Gasteiger charge is 2.41. The Hall–Kier alpha value is -1.85. The summed E-state index contributed by atoms with van der Waals surface area (Å²) in [5.41, 5.74) is 0.0491. The van der Waals surface area contributed by atoms with Crippen molar-refractivity contribution in [3.05, 3.63) is 17.5 Å². The molecule has 6 heteroatoms. The molecule has 0 spiro atoms. The second-order valence-corrected chi connectivity index (χ2v) is 5.35. The van der Waals surface area contributed by atoms with Crippen molar-refractivity contribution < 1.29 is 18.8 Å². The molecule has 0 aliphatic heterocycles. The Labute approximate surface area is 117 Å². The molecule has 1 aromatic heterocycles. The summed E-state index contributed by atoms with van der Waals surface area (Å²) in [6.45, 7) is 2.02. The van der Waals surface area contributed by atoms with Gasteiger partial charge in [-0.1, -0.05) is 24.4 Å². The maximum Gasteiger partial charge on any atom is 0.313 e. The number of nitrogens with one attached hydrogen (secondary N) is 1. The van der Waals surface area contributed by atoms with Crippen LogP contribution in [0.1, 0.15) is 48.4 Å². The average Bonchev–Trinajstić information content (AvgIpc) is 2.91. The Morgan fingerprint density at radius 2 is 2.10 bits per heavy atom. The first-order chi connectivity index (χ1) is 9.57. The first-order valence-electron chi connectivity index (χ1n) is 6.87. The summed E-state index contributed by atoms with van der Waals surface area (Å²) in [7, 11) is 1.39. The summed E-state index contributed by atoms with van der Waals surface area (Å²) in [5.74, 6) is -0.427. The van der Waals surface area contributed by atoms with E-state index < -0.39 is 5.41 Å². The summed E-state index contributed by atoms with van der Waals surface area (Å²) in [6, 6.07) is 1.57. The Kier molecular flexibility index (Phi) is 4.42. The molecule has 1 aromatic rings. The van der Waals surface area contributed by atoms with E-state index in [0.29, 0.717) is 5.69 Å². The zero-order valence-corrected chi connectivity index (χ0v) is 11.9. The quantitative estimate of drug-likeness (QED) is 0.851. The van der Waals surface area contributed by atoms with E-state index in [2.05, 4.69) is 10.5 Å². The number of methoxy groups -OCH3 is 1. The van der Waals surface area contributed by atoms with E-state index in [-0.39, 0.29) is 24.2 Å². The monoisotopic (exact) mass is 280 g/mol. The molecule has 0 atom stereocenters. The molecule has 1 heterocycles. The maximum atomic E-state index is 12.0.